The predicted molar refractivity (Wildman–Crippen MR) is 74.9 cm³/mol. The first-order valence-corrected chi connectivity index (χ1v) is 6.88. The van der Waals surface area contributed by atoms with Crippen LogP contribution >= 0.6 is 0 Å². The molecule has 1 atom stereocenters. The molecule has 0 radical (unpaired) electrons. The zero-order chi connectivity index (χ0) is 13.5. The van der Waals surface area contributed by atoms with Gasteiger partial charge in [0, 0.05) is 13.6 Å². The van der Waals surface area contributed by atoms with Gasteiger partial charge in [-0.3, -0.25) is 0 Å². The van der Waals surface area contributed by atoms with Gasteiger partial charge in [0.2, 0.25) is 0 Å². The molecule has 0 aliphatic carbocycles. The summed E-state index contributed by atoms with van der Waals surface area (Å²) in [7, 11) is 1.81. The molecule has 0 saturated carbocycles. The maximum absolute atomic E-state index is 11.9. The third kappa shape index (κ3) is 4.56. The molecule has 0 aromatic heterocycles. The summed E-state index contributed by atoms with van der Waals surface area (Å²) in [4.78, 5) is 13.6. The summed E-state index contributed by atoms with van der Waals surface area (Å²) in [6, 6.07) is 9.76. The van der Waals surface area contributed by atoms with E-state index in [-0.39, 0.29) is 6.09 Å². The Morgan fingerprint density at radius 1 is 1.42 bits per heavy atom. The van der Waals surface area contributed by atoms with Crippen LogP contribution in [0.4, 0.5) is 4.79 Å². The molecule has 4 nitrogen and oxygen atoms in total. The maximum Gasteiger partial charge on any atom is 0.409 e. The molecule has 1 heterocycles. The van der Waals surface area contributed by atoms with Crippen molar-refractivity contribution in [3.05, 3.63) is 35.9 Å². The van der Waals surface area contributed by atoms with Crippen molar-refractivity contribution in [2.45, 2.75) is 19.4 Å². The zero-order valence-electron chi connectivity index (χ0n) is 11.5. The average Bonchev–Trinajstić information content (AvgIpc) is 2.47. The quantitative estimate of drug-likeness (QED) is 0.905. The van der Waals surface area contributed by atoms with E-state index in [1.807, 2.05) is 37.4 Å². The zero-order valence-corrected chi connectivity index (χ0v) is 11.5. The fourth-order valence-corrected chi connectivity index (χ4v) is 2.37. The normalized spacial score (nSPS) is 18.9. The number of carbonyl (C=O) groups excluding carboxylic acids is 1. The van der Waals surface area contributed by atoms with E-state index in [0.29, 0.717) is 12.5 Å². The van der Waals surface area contributed by atoms with Crippen molar-refractivity contribution < 1.29 is 9.53 Å². The second-order valence-corrected chi connectivity index (χ2v) is 5.13. The molecule has 0 unspecified atom stereocenters. The van der Waals surface area contributed by atoms with Gasteiger partial charge in [-0.2, -0.15) is 0 Å². The Kier molecular flexibility index (Phi) is 5.21. The van der Waals surface area contributed by atoms with Gasteiger partial charge >= 0.3 is 6.09 Å². The molecular formula is C15H22N2O2. The molecule has 1 aromatic carbocycles. The number of rotatable bonds is 4. The molecule has 104 valence electrons. The minimum Gasteiger partial charge on any atom is -0.445 e. The number of nitrogens with zero attached hydrogens (tertiary/aromatic N) is 1. The molecule has 1 fully saturated rings. The molecule has 4 heteroatoms. The Morgan fingerprint density at radius 2 is 2.21 bits per heavy atom. The number of amides is 1. The Morgan fingerprint density at radius 3 is 2.89 bits per heavy atom. The van der Waals surface area contributed by atoms with E-state index in [4.69, 9.17) is 4.74 Å². The maximum atomic E-state index is 11.9. The molecule has 0 spiro atoms. The van der Waals surface area contributed by atoms with Crippen molar-refractivity contribution >= 4 is 6.09 Å². The standard InChI is InChI=1S/C15H22N2O2/c1-17(11-14-8-5-9-16-10-14)15(18)19-12-13-6-3-2-4-7-13/h2-4,6-7,14,16H,5,8-12H2,1H3/t14-/m0/s1. The van der Waals surface area contributed by atoms with E-state index >= 15 is 0 Å². The lowest BCUT2D eigenvalue weighted by Gasteiger charge is -2.27. The molecular weight excluding hydrogens is 240 g/mol. The second kappa shape index (κ2) is 7.14. The van der Waals surface area contributed by atoms with Gasteiger partial charge < -0.3 is 15.0 Å². The van der Waals surface area contributed by atoms with Crippen molar-refractivity contribution in [1.29, 1.82) is 0 Å². The smallest absolute Gasteiger partial charge is 0.409 e. The predicted octanol–water partition coefficient (Wildman–Crippen LogP) is 2.25. The van der Waals surface area contributed by atoms with Crippen LogP contribution < -0.4 is 5.32 Å². The fourth-order valence-electron chi connectivity index (χ4n) is 2.37. The number of benzene rings is 1. The molecule has 1 aliphatic rings. The summed E-state index contributed by atoms with van der Waals surface area (Å²) in [6.45, 7) is 3.20. The van der Waals surface area contributed by atoms with E-state index < -0.39 is 0 Å². The Balaban J connectivity index is 1.72. The van der Waals surface area contributed by atoms with Crippen LogP contribution in [0.15, 0.2) is 30.3 Å². The van der Waals surface area contributed by atoms with Crippen LogP contribution in [-0.4, -0.2) is 37.7 Å². The number of nitrogens with one attached hydrogen (secondary N) is 1. The molecule has 1 amide bonds. The molecule has 1 aromatic rings. The summed E-state index contributed by atoms with van der Waals surface area (Å²) >= 11 is 0. The van der Waals surface area contributed by atoms with Crippen LogP contribution in [0.3, 0.4) is 0 Å². The first kappa shape index (κ1) is 13.9. The van der Waals surface area contributed by atoms with Crippen LogP contribution in [-0.2, 0) is 11.3 Å². The molecule has 1 aliphatic heterocycles. The fraction of sp³-hybridized carbons (Fsp3) is 0.533. The highest BCUT2D eigenvalue weighted by atomic mass is 16.6. The van der Waals surface area contributed by atoms with Gasteiger partial charge in [0.1, 0.15) is 6.61 Å². The van der Waals surface area contributed by atoms with Gasteiger partial charge in [-0.1, -0.05) is 30.3 Å². The van der Waals surface area contributed by atoms with Crippen LogP contribution in [0.1, 0.15) is 18.4 Å². The van der Waals surface area contributed by atoms with Crippen molar-refractivity contribution in [2.24, 2.45) is 5.92 Å². The Labute approximate surface area is 114 Å². The van der Waals surface area contributed by atoms with Crippen LogP contribution in [0.25, 0.3) is 0 Å². The summed E-state index contributed by atoms with van der Waals surface area (Å²) in [5, 5.41) is 3.36. The number of piperidine rings is 1. The Hall–Kier alpha value is -1.55. The molecule has 1 N–H and O–H groups in total. The van der Waals surface area contributed by atoms with E-state index in [2.05, 4.69) is 5.32 Å². The summed E-state index contributed by atoms with van der Waals surface area (Å²) in [5.74, 6) is 0.544. The third-order valence-electron chi connectivity index (χ3n) is 3.45. The van der Waals surface area contributed by atoms with E-state index in [1.165, 1.54) is 12.8 Å². The minimum atomic E-state index is -0.241. The number of carbonyl (C=O) groups is 1. The van der Waals surface area contributed by atoms with Crippen LogP contribution in [0.2, 0.25) is 0 Å². The van der Waals surface area contributed by atoms with Crippen LogP contribution in [0.5, 0.6) is 0 Å². The van der Waals surface area contributed by atoms with E-state index in [0.717, 1.165) is 25.2 Å². The highest BCUT2D eigenvalue weighted by Gasteiger charge is 2.18. The topological polar surface area (TPSA) is 41.6 Å². The first-order valence-electron chi connectivity index (χ1n) is 6.88. The lowest BCUT2D eigenvalue weighted by Crippen LogP contribution is -2.39. The van der Waals surface area contributed by atoms with Gasteiger partial charge in [-0.05, 0) is 37.4 Å². The largest absolute Gasteiger partial charge is 0.445 e. The molecule has 2 rings (SSSR count). The Bertz CT molecular complexity index is 388. The molecule has 19 heavy (non-hydrogen) atoms. The third-order valence-corrected chi connectivity index (χ3v) is 3.45. The van der Waals surface area contributed by atoms with E-state index in [1.54, 1.807) is 4.90 Å². The highest BCUT2D eigenvalue weighted by Crippen LogP contribution is 2.12. The molecule has 0 bridgehead atoms. The number of hydrogen-bond acceptors (Lipinski definition) is 3. The van der Waals surface area contributed by atoms with Gasteiger partial charge in [-0.15, -0.1) is 0 Å². The van der Waals surface area contributed by atoms with Gasteiger partial charge in [-0.25, -0.2) is 4.79 Å². The van der Waals surface area contributed by atoms with Gasteiger partial charge in [0.05, 0.1) is 0 Å². The number of hydrogen-bond donors (Lipinski definition) is 1. The average molecular weight is 262 g/mol. The monoisotopic (exact) mass is 262 g/mol. The van der Waals surface area contributed by atoms with Crippen molar-refractivity contribution in [2.75, 3.05) is 26.7 Å². The summed E-state index contributed by atoms with van der Waals surface area (Å²) in [6.07, 6.45) is 2.13. The van der Waals surface area contributed by atoms with Crippen molar-refractivity contribution in [3.63, 3.8) is 0 Å². The SMILES string of the molecule is CN(C[C@H]1CCCNC1)C(=O)OCc1ccccc1. The molecule has 1 saturated heterocycles. The van der Waals surface area contributed by atoms with Gasteiger partial charge in [0.25, 0.3) is 0 Å². The summed E-state index contributed by atoms with van der Waals surface area (Å²) < 4.78 is 5.30. The van der Waals surface area contributed by atoms with E-state index in [9.17, 15) is 4.79 Å². The summed E-state index contributed by atoms with van der Waals surface area (Å²) in [5.41, 5.74) is 1.02. The second-order valence-electron chi connectivity index (χ2n) is 5.13. The first-order chi connectivity index (χ1) is 9.25. The van der Waals surface area contributed by atoms with Crippen LogP contribution in [0, 0.1) is 5.92 Å². The highest BCUT2D eigenvalue weighted by molar-refractivity contribution is 5.67. The minimum absolute atomic E-state index is 0.241. The van der Waals surface area contributed by atoms with Crippen molar-refractivity contribution in [3.8, 4) is 0 Å². The van der Waals surface area contributed by atoms with Crippen molar-refractivity contribution in [1.82, 2.24) is 10.2 Å². The number of ether oxygens (including phenoxy) is 1. The van der Waals surface area contributed by atoms with Gasteiger partial charge in [0.15, 0.2) is 0 Å². The lowest BCUT2D eigenvalue weighted by molar-refractivity contribution is 0.0976. The lowest BCUT2D eigenvalue weighted by atomic mass is 9.99.